The molecule has 10 heteroatoms. The summed E-state index contributed by atoms with van der Waals surface area (Å²) < 4.78 is 11.9. The van der Waals surface area contributed by atoms with Gasteiger partial charge in [-0.15, -0.1) is 0 Å². The summed E-state index contributed by atoms with van der Waals surface area (Å²) in [4.78, 5) is 25.1. The van der Waals surface area contributed by atoms with Crippen LogP contribution in [0.5, 0.6) is 0 Å². The van der Waals surface area contributed by atoms with Crippen LogP contribution in [0.2, 0.25) is 15.1 Å². The SMILES string of the molecule is CCNC(=O)c1c(Cl)ccc(C2(C(N)=O)C(c3ccc(F)c(Cl)c3)C2(Cl)Cl)c1Cl. The van der Waals surface area contributed by atoms with Crippen LogP contribution in [-0.4, -0.2) is 22.7 Å². The molecule has 29 heavy (non-hydrogen) atoms. The molecule has 1 fully saturated rings. The van der Waals surface area contributed by atoms with E-state index >= 15 is 0 Å². The van der Waals surface area contributed by atoms with Crippen molar-refractivity contribution in [1.82, 2.24) is 5.32 Å². The number of halogens is 6. The molecule has 3 rings (SSSR count). The highest BCUT2D eigenvalue weighted by atomic mass is 35.5. The van der Waals surface area contributed by atoms with Crippen LogP contribution < -0.4 is 11.1 Å². The molecule has 2 unspecified atom stereocenters. The number of nitrogens with two attached hydrogens (primary N) is 1. The first-order valence-corrected chi connectivity index (χ1v) is 10.3. The van der Waals surface area contributed by atoms with Crippen LogP contribution in [0.1, 0.15) is 34.3 Å². The first-order valence-electron chi connectivity index (χ1n) is 8.41. The molecule has 0 saturated heterocycles. The van der Waals surface area contributed by atoms with Crippen molar-refractivity contribution in [2.45, 2.75) is 22.6 Å². The van der Waals surface area contributed by atoms with Gasteiger partial charge >= 0.3 is 0 Å². The third kappa shape index (κ3) is 3.28. The fourth-order valence-electron chi connectivity index (χ4n) is 3.64. The van der Waals surface area contributed by atoms with Crippen LogP contribution in [0.3, 0.4) is 0 Å². The number of hydrogen-bond acceptors (Lipinski definition) is 2. The zero-order valence-electron chi connectivity index (χ0n) is 14.8. The second kappa shape index (κ2) is 7.78. The Balaban J connectivity index is 2.23. The zero-order chi connectivity index (χ0) is 21.7. The summed E-state index contributed by atoms with van der Waals surface area (Å²) >= 11 is 31.6. The van der Waals surface area contributed by atoms with Gasteiger partial charge in [0, 0.05) is 12.5 Å². The predicted molar refractivity (Wildman–Crippen MR) is 114 cm³/mol. The minimum atomic E-state index is -1.71. The van der Waals surface area contributed by atoms with Crippen molar-refractivity contribution in [2.24, 2.45) is 5.73 Å². The van der Waals surface area contributed by atoms with Crippen molar-refractivity contribution in [3.63, 3.8) is 0 Å². The summed E-state index contributed by atoms with van der Waals surface area (Å²) in [6.07, 6.45) is 0. The van der Waals surface area contributed by atoms with Gasteiger partial charge in [-0.1, -0.05) is 70.1 Å². The van der Waals surface area contributed by atoms with E-state index in [1.807, 2.05) is 0 Å². The summed E-state index contributed by atoms with van der Waals surface area (Å²) in [5, 5.41) is 2.43. The van der Waals surface area contributed by atoms with E-state index in [4.69, 9.17) is 63.7 Å². The number of amides is 2. The van der Waals surface area contributed by atoms with Crippen molar-refractivity contribution < 1.29 is 14.0 Å². The molecular formula is C19H14Cl5FN2O2. The third-order valence-electron chi connectivity index (χ3n) is 4.98. The second-order valence-corrected chi connectivity index (χ2v) is 9.12. The lowest BCUT2D eigenvalue weighted by atomic mass is 9.88. The summed E-state index contributed by atoms with van der Waals surface area (Å²) in [5.74, 6) is -2.91. The van der Waals surface area contributed by atoms with Gasteiger partial charge in [0.15, 0.2) is 0 Å². The monoisotopic (exact) mass is 496 g/mol. The molecule has 3 N–H and O–H groups in total. The standard InChI is InChI=1S/C19H14Cl5FN2O2/c1-2-27-16(28)13-10(20)5-4-9(14(13)22)18(17(26)29)15(19(18,23)24)8-3-6-12(25)11(21)7-8/h3-7,15H,2H2,1H3,(H2,26,29)(H,27,28). The summed E-state index contributed by atoms with van der Waals surface area (Å²) in [6, 6.07) is 6.72. The smallest absolute Gasteiger partial charge is 0.254 e. The van der Waals surface area contributed by atoms with Crippen molar-refractivity contribution >= 4 is 69.8 Å². The van der Waals surface area contributed by atoms with E-state index in [0.717, 1.165) is 6.07 Å². The third-order valence-corrected chi connectivity index (χ3v) is 7.01. The van der Waals surface area contributed by atoms with Gasteiger partial charge < -0.3 is 11.1 Å². The quantitative estimate of drug-likeness (QED) is 0.554. The molecule has 1 aliphatic carbocycles. The molecule has 0 aromatic heterocycles. The molecule has 1 saturated carbocycles. The average Bonchev–Trinajstić information content (AvgIpc) is 3.15. The van der Waals surface area contributed by atoms with E-state index in [2.05, 4.69) is 5.32 Å². The minimum absolute atomic E-state index is 0.0276. The first-order chi connectivity index (χ1) is 13.5. The van der Waals surface area contributed by atoms with Gasteiger partial charge in [0.25, 0.3) is 5.91 Å². The molecule has 1 aliphatic rings. The van der Waals surface area contributed by atoms with Crippen molar-refractivity contribution in [3.8, 4) is 0 Å². The second-order valence-electron chi connectivity index (χ2n) is 6.55. The van der Waals surface area contributed by atoms with Gasteiger partial charge in [-0.05, 0) is 36.2 Å². The maximum atomic E-state index is 13.6. The zero-order valence-corrected chi connectivity index (χ0v) is 18.6. The Morgan fingerprint density at radius 2 is 1.79 bits per heavy atom. The normalized spacial score (nSPS) is 22.2. The lowest BCUT2D eigenvalue weighted by molar-refractivity contribution is -0.120. The summed E-state index contributed by atoms with van der Waals surface area (Å²) in [5.41, 5.74) is 4.55. The Kier molecular flexibility index (Phi) is 6.03. The minimum Gasteiger partial charge on any atom is -0.369 e. The number of carbonyl (C=O) groups excluding carboxylic acids is 2. The molecule has 4 nitrogen and oxygen atoms in total. The fourth-order valence-corrected chi connectivity index (χ4v) is 5.60. The van der Waals surface area contributed by atoms with E-state index in [-0.39, 0.29) is 26.2 Å². The molecule has 2 aromatic rings. The van der Waals surface area contributed by atoms with E-state index < -0.39 is 33.3 Å². The predicted octanol–water partition coefficient (Wildman–Crippen LogP) is 5.23. The highest BCUT2D eigenvalue weighted by Crippen LogP contribution is 2.75. The summed E-state index contributed by atoms with van der Waals surface area (Å²) in [7, 11) is 0. The highest BCUT2D eigenvalue weighted by molar-refractivity contribution is 6.56. The fraction of sp³-hybridized carbons (Fsp3) is 0.263. The molecule has 0 spiro atoms. The molecule has 0 aliphatic heterocycles. The van der Waals surface area contributed by atoms with Crippen molar-refractivity contribution in [3.05, 3.63) is 67.9 Å². The van der Waals surface area contributed by atoms with Crippen LogP contribution in [0, 0.1) is 5.82 Å². The number of hydrogen-bond donors (Lipinski definition) is 2. The van der Waals surface area contributed by atoms with Crippen LogP contribution in [0.15, 0.2) is 30.3 Å². The van der Waals surface area contributed by atoms with Gasteiger partial charge in [-0.25, -0.2) is 4.39 Å². The van der Waals surface area contributed by atoms with E-state index in [1.54, 1.807) is 6.92 Å². The maximum Gasteiger partial charge on any atom is 0.254 e. The number of rotatable bonds is 5. The number of benzene rings is 2. The number of carbonyl (C=O) groups is 2. The number of primary amides is 1. The Labute approximate surface area is 191 Å². The topological polar surface area (TPSA) is 72.2 Å². The highest BCUT2D eigenvalue weighted by Gasteiger charge is 2.81. The molecule has 2 amide bonds. The Morgan fingerprint density at radius 1 is 1.14 bits per heavy atom. The molecule has 2 aromatic carbocycles. The summed E-state index contributed by atoms with van der Waals surface area (Å²) in [6.45, 7) is 2.06. The largest absolute Gasteiger partial charge is 0.369 e. The molecule has 2 atom stereocenters. The van der Waals surface area contributed by atoms with E-state index in [1.165, 1.54) is 24.3 Å². The van der Waals surface area contributed by atoms with Crippen LogP contribution in [0.4, 0.5) is 4.39 Å². The Morgan fingerprint density at radius 3 is 2.34 bits per heavy atom. The van der Waals surface area contributed by atoms with Gasteiger partial charge in [0.05, 0.1) is 20.6 Å². The molecule has 0 bridgehead atoms. The van der Waals surface area contributed by atoms with Crippen LogP contribution in [0.25, 0.3) is 0 Å². The van der Waals surface area contributed by atoms with E-state index in [9.17, 15) is 14.0 Å². The lowest BCUT2D eigenvalue weighted by Gasteiger charge is -2.19. The lowest BCUT2D eigenvalue weighted by Crippen LogP contribution is -2.35. The van der Waals surface area contributed by atoms with Crippen molar-refractivity contribution in [1.29, 1.82) is 0 Å². The van der Waals surface area contributed by atoms with Gasteiger partial charge in [-0.2, -0.15) is 0 Å². The average molecular weight is 499 g/mol. The van der Waals surface area contributed by atoms with Crippen LogP contribution >= 0.6 is 58.0 Å². The van der Waals surface area contributed by atoms with Gasteiger partial charge in [0.1, 0.15) is 15.6 Å². The van der Waals surface area contributed by atoms with E-state index in [0.29, 0.717) is 12.1 Å². The number of nitrogens with one attached hydrogen (secondary N) is 1. The maximum absolute atomic E-state index is 13.6. The Bertz CT molecular complexity index is 1030. The molecular weight excluding hydrogens is 484 g/mol. The molecule has 154 valence electrons. The van der Waals surface area contributed by atoms with Gasteiger partial charge in [0.2, 0.25) is 5.91 Å². The molecule has 0 radical (unpaired) electrons. The van der Waals surface area contributed by atoms with Gasteiger partial charge in [-0.3, -0.25) is 9.59 Å². The molecule has 0 heterocycles. The van der Waals surface area contributed by atoms with Crippen molar-refractivity contribution in [2.75, 3.05) is 6.54 Å². The number of alkyl halides is 2. The first kappa shape index (κ1) is 22.4. The van der Waals surface area contributed by atoms with Crippen LogP contribution in [-0.2, 0) is 10.2 Å². The Hall–Kier alpha value is -1.24.